The number of ether oxygens (including phenoxy) is 1. The third-order valence-corrected chi connectivity index (χ3v) is 6.70. The van der Waals surface area contributed by atoms with Crippen molar-refractivity contribution in [3.63, 3.8) is 0 Å². The van der Waals surface area contributed by atoms with Gasteiger partial charge in [-0.05, 0) is 38.5 Å². The highest BCUT2D eigenvalue weighted by Gasteiger charge is 2.51. The summed E-state index contributed by atoms with van der Waals surface area (Å²) in [6, 6.07) is 17.4. The first kappa shape index (κ1) is 20.5. The molecule has 1 saturated heterocycles. The van der Waals surface area contributed by atoms with Crippen molar-refractivity contribution in [3.8, 4) is 11.8 Å². The van der Waals surface area contributed by atoms with Gasteiger partial charge in [0.05, 0.1) is 28.5 Å². The van der Waals surface area contributed by atoms with Crippen molar-refractivity contribution >= 4 is 17.7 Å². The molecule has 2 aromatic carbocycles. The van der Waals surface area contributed by atoms with Crippen LogP contribution in [0.5, 0.6) is 5.75 Å². The predicted octanol–water partition coefficient (Wildman–Crippen LogP) is 4.43. The minimum Gasteiger partial charge on any atom is -0.491 e. The fraction of sp³-hybridized carbons (Fsp3) is 0.333. The summed E-state index contributed by atoms with van der Waals surface area (Å²) in [6.45, 7) is 5.91. The molecular weight excluding hydrogens is 396 g/mol. The Kier molecular flexibility index (Phi) is 5.35. The molecule has 0 saturated carbocycles. The number of fused-ring (bicyclic) bond motifs is 1. The van der Waals surface area contributed by atoms with Crippen LogP contribution in [0.4, 0.5) is 0 Å². The number of nitrogens with zero attached hydrogens (tertiary/aromatic N) is 2. The van der Waals surface area contributed by atoms with Crippen LogP contribution < -0.4 is 4.74 Å². The predicted molar refractivity (Wildman–Crippen MR) is 117 cm³/mol. The number of allylic oxidation sites excluding steroid dienone is 1. The standard InChI is InChI=1S/C24H24N2O3S/c1-15(2)29-19-10-6-17(7-11-19)20-12-22(27)26-23(21(20)13-25)30-14-24(26,28)18-8-4-16(3)5-9-18/h4-11,15,20,28H,12,14H2,1-3H3/t20-,24+/m1/s1. The quantitative estimate of drug-likeness (QED) is 0.792. The van der Waals surface area contributed by atoms with Crippen molar-refractivity contribution in [2.45, 2.75) is 44.9 Å². The number of carbonyl (C=O) groups is 1. The highest BCUT2D eigenvalue weighted by molar-refractivity contribution is 8.03. The number of nitriles is 1. The van der Waals surface area contributed by atoms with Crippen molar-refractivity contribution < 1.29 is 14.6 Å². The molecule has 4 rings (SSSR count). The Bertz CT molecular complexity index is 1040. The van der Waals surface area contributed by atoms with Gasteiger partial charge < -0.3 is 9.84 Å². The molecule has 0 radical (unpaired) electrons. The molecule has 0 aliphatic carbocycles. The summed E-state index contributed by atoms with van der Waals surface area (Å²) >= 11 is 1.37. The van der Waals surface area contributed by atoms with E-state index in [2.05, 4.69) is 6.07 Å². The second kappa shape index (κ2) is 7.82. The van der Waals surface area contributed by atoms with Gasteiger partial charge in [-0.1, -0.05) is 42.0 Å². The van der Waals surface area contributed by atoms with E-state index < -0.39 is 5.72 Å². The molecule has 5 nitrogen and oxygen atoms in total. The van der Waals surface area contributed by atoms with Crippen LogP contribution in [0.1, 0.15) is 42.9 Å². The van der Waals surface area contributed by atoms with Crippen molar-refractivity contribution in [2.75, 3.05) is 5.75 Å². The second-order valence-electron chi connectivity index (χ2n) is 8.02. The Morgan fingerprint density at radius 2 is 1.87 bits per heavy atom. The Labute approximate surface area is 181 Å². The van der Waals surface area contributed by atoms with Crippen molar-refractivity contribution in [2.24, 2.45) is 0 Å². The van der Waals surface area contributed by atoms with Crippen LogP contribution in [0, 0.1) is 18.3 Å². The average molecular weight is 421 g/mol. The molecule has 0 unspecified atom stereocenters. The normalized spacial score (nSPS) is 23.5. The van der Waals surface area contributed by atoms with Gasteiger partial charge >= 0.3 is 0 Å². The Hall–Kier alpha value is -2.75. The summed E-state index contributed by atoms with van der Waals surface area (Å²) in [5.41, 5.74) is 1.73. The van der Waals surface area contributed by atoms with E-state index in [-0.39, 0.29) is 24.3 Å². The van der Waals surface area contributed by atoms with E-state index in [4.69, 9.17) is 4.74 Å². The molecule has 1 fully saturated rings. The Morgan fingerprint density at radius 3 is 2.47 bits per heavy atom. The number of benzene rings is 2. The van der Waals surface area contributed by atoms with Gasteiger partial charge in [-0.3, -0.25) is 9.69 Å². The van der Waals surface area contributed by atoms with Gasteiger partial charge in [0, 0.05) is 17.9 Å². The maximum Gasteiger partial charge on any atom is 0.231 e. The molecule has 0 spiro atoms. The lowest BCUT2D eigenvalue weighted by atomic mass is 9.85. The molecule has 2 aromatic rings. The lowest BCUT2D eigenvalue weighted by molar-refractivity contribution is -0.149. The molecule has 1 amide bonds. The zero-order valence-electron chi connectivity index (χ0n) is 17.3. The van der Waals surface area contributed by atoms with Crippen molar-refractivity contribution in [1.29, 1.82) is 5.26 Å². The lowest BCUT2D eigenvalue weighted by Crippen LogP contribution is -2.48. The first-order valence-electron chi connectivity index (χ1n) is 9.99. The highest BCUT2D eigenvalue weighted by Crippen LogP contribution is 2.51. The summed E-state index contributed by atoms with van der Waals surface area (Å²) in [5, 5.41) is 21.9. The molecule has 2 atom stereocenters. The molecule has 1 N–H and O–H groups in total. The number of rotatable bonds is 4. The maximum absolute atomic E-state index is 13.2. The average Bonchev–Trinajstić information content (AvgIpc) is 3.08. The smallest absolute Gasteiger partial charge is 0.231 e. The van der Waals surface area contributed by atoms with Gasteiger partial charge in [0.25, 0.3) is 0 Å². The first-order chi connectivity index (χ1) is 14.3. The van der Waals surface area contributed by atoms with E-state index in [0.29, 0.717) is 21.9 Å². The number of carbonyl (C=O) groups excluding carboxylic acids is 1. The summed E-state index contributed by atoms with van der Waals surface area (Å²) in [4.78, 5) is 14.6. The van der Waals surface area contributed by atoms with Crippen LogP contribution in [-0.2, 0) is 10.5 Å². The highest BCUT2D eigenvalue weighted by atomic mass is 32.2. The molecule has 6 heteroatoms. The van der Waals surface area contributed by atoms with E-state index in [1.807, 2.05) is 69.3 Å². The minimum absolute atomic E-state index is 0.0757. The van der Waals surface area contributed by atoms with E-state index in [1.54, 1.807) is 0 Å². The number of hydrogen-bond acceptors (Lipinski definition) is 5. The fourth-order valence-corrected chi connectivity index (χ4v) is 5.35. The van der Waals surface area contributed by atoms with E-state index in [0.717, 1.165) is 16.9 Å². The van der Waals surface area contributed by atoms with Crippen LogP contribution in [0.15, 0.2) is 59.1 Å². The topological polar surface area (TPSA) is 73.6 Å². The second-order valence-corrected chi connectivity index (χ2v) is 8.99. The van der Waals surface area contributed by atoms with Gasteiger partial charge in [0.1, 0.15) is 5.75 Å². The van der Waals surface area contributed by atoms with Gasteiger partial charge in [-0.25, -0.2) is 0 Å². The van der Waals surface area contributed by atoms with Crippen molar-refractivity contribution in [3.05, 3.63) is 75.8 Å². The zero-order chi connectivity index (χ0) is 21.5. The lowest BCUT2D eigenvalue weighted by Gasteiger charge is -2.38. The van der Waals surface area contributed by atoms with Crippen molar-refractivity contribution in [1.82, 2.24) is 4.90 Å². The van der Waals surface area contributed by atoms with Crippen LogP contribution >= 0.6 is 11.8 Å². The number of aryl methyl sites for hydroxylation is 1. The number of hydrogen-bond donors (Lipinski definition) is 1. The van der Waals surface area contributed by atoms with Gasteiger partial charge in [0.2, 0.25) is 5.91 Å². The van der Waals surface area contributed by atoms with E-state index in [1.165, 1.54) is 16.7 Å². The summed E-state index contributed by atoms with van der Waals surface area (Å²) in [6.07, 6.45) is 0.220. The number of aliphatic hydroxyl groups is 1. The Morgan fingerprint density at radius 1 is 1.20 bits per heavy atom. The summed E-state index contributed by atoms with van der Waals surface area (Å²) in [7, 11) is 0. The first-order valence-corrected chi connectivity index (χ1v) is 11.0. The molecule has 30 heavy (non-hydrogen) atoms. The molecule has 2 aliphatic heterocycles. The van der Waals surface area contributed by atoms with Crippen LogP contribution in [0.3, 0.4) is 0 Å². The van der Waals surface area contributed by atoms with Crippen LogP contribution in [0.2, 0.25) is 0 Å². The molecule has 0 bridgehead atoms. The molecule has 154 valence electrons. The van der Waals surface area contributed by atoms with Gasteiger partial charge in [-0.2, -0.15) is 5.26 Å². The largest absolute Gasteiger partial charge is 0.491 e. The van der Waals surface area contributed by atoms with Gasteiger partial charge in [-0.15, -0.1) is 11.8 Å². The van der Waals surface area contributed by atoms with E-state index in [9.17, 15) is 15.2 Å². The molecular formula is C24H24N2O3S. The SMILES string of the molecule is Cc1ccc([C@@]2(O)CSC3=C(C#N)[C@@H](c4ccc(OC(C)C)cc4)CC(=O)N32)cc1. The summed E-state index contributed by atoms with van der Waals surface area (Å²) < 4.78 is 5.70. The fourth-order valence-electron chi connectivity index (χ4n) is 3.99. The molecule has 2 heterocycles. The van der Waals surface area contributed by atoms with Gasteiger partial charge in [0.15, 0.2) is 5.72 Å². The maximum atomic E-state index is 13.2. The van der Waals surface area contributed by atoms with Crippen LogP contribution in [0.25, 0.3) is 0 Å². The minimum atomic E-state index is -1.44. The summed E-state index contributed by atoms with van der Waals surface area (Å²) in [5.74, 6) is 0.558. The molecule has 0 aromatic heterocycles. The number of thioether (sulfide) groups is 1. The molecule has 2 aliphatic rings. The number of amides is 1. The zero-order valence-corrected chi connectivity index (χ0v) is 18.1. The van der Waals surface area contributed by atoms with E-state index >= 15 is 0 Å². The Balaban J connectivity index is 1.71. The third-order valence-electron chi connectivity index (χ3n) is 5.48. The monoisotopic (exact) mass is 420 g/mol. The van der Waals surface area contributed by atoms with Crippen LogP contribution in [-0.4, -0.2) is 27.8 Å². The third kappa shape index (κ3) is 3.49.